The summed E-state index contributed by atoms with van der Waals surface area (Å²) in [6.07, 6.45) is -6.77. The van der Waals surface area contributed by atoms with Crippen molar-refractivity contribution in [1.82, 2.24) is 0 Å². The monoisotopic (exact) mass is 510 g/mol. The molecule has 4 aliphatic carbocycles. The molecule has 36 heavy (non-hydrogen) atoms. The molecule has 9 heteroatoms. The van der Waals surface area contributed by atoms with Crippen molar-refractivity contribution in [1.29, 1.82) is 0 Å². The maximum atomic E-state index is 11.7. The zero-order valence-corrected chi connectivity index (χ0v) is 21.3. The molecule has 0 bridgehead atoms. The van der Waals surface area contributed by atoms with Gasteiger partial charge in [-0.25, -0.2) is 0 Å². The van der Waals surface area contributed by atoms with E-state index >= 15 is 0 Å². The highest BCUT2D eigenvalue weighted by Crippen LogP contribution is 2.71. The third-order valence-electron chi connectivity index (χ3n) is 12.2. The van der Waals surface area contributed by atoms with Gasteiger partial charge in [0.1, 0.15) is 30.0 Å². The lowest BCUT2D eigenvalue weighted by molar-refractivity contribution is -0.367. The van der Waals surface area contributed by atoms with Gasteiger partial charge in [0, 0.05) is 17.8 Å². The lowest BCUT2D eigenvalue weighted by Crippen LogP contribution is -2.83. The van der Waals surface area contributed by atoms with Gasteiger partial charge in [-0.05, 0) is 54.8 Å². The summed E-state index contributed by atoms with van der Waals surface area (Å²) in [4.78, 5) is 0. The zero-order valence-electron chi connectivity index (χ0n) is 21.3. The second-order valence-corrected chi connectivity index (χ2v) is 13.3. The Kier molecular flexibility index (Phi) is 5.51. The lowest BCUT2D eigenvalue weighted by atomic mass is 9.40. The first-order chi connectivity index (χ1) is 16.8. The molecule has 6 rings (SSSR count). The summed E-state index contributed by atoms with van der Waals surface area (Å²) >= 11 is 0. The Morgan fingerprint density at radius 3 is 2.17 bits per heavy atom. The van der Waals surface area contributed by atoms with Gasteiger partial charge >= 0.3 is 0 Å². The van der Waals surface area contributed by atoms with Gasteiger partial charge < -0.3 is 45.2 Å². The molecule has 2 heterocycles. The van der Waals surface area contributed by atoms with E-state index in [4.69, 9.17) is 9.47 Å². The van der Waals surface area contributed by atoms with Gasteiger partial charge in [0.2, 0.25) is 0 Å². The fourth-order valence-corrected chi connectivity index (χ4v) is 10.3. The molecule has 4 saturated carbocycles. The Balaban J connectivity index is 1.37. The van der Waals surface area contributed by atoms with Crippen LogP contribution in [0.25, 0.3) is 0 Å². The van der Waals surface area contributed by atoms with Crippen LogP contribution < -0.4 is 0 Å². The molecule has 0 aromatic rings. The number of fused-ring (bicyclic) bond motifs is 7. The van der Waals surface area contributed by atoms with Crippen LogP contribution in [0.5, 0.6) is 0 Å². The largest absolute Gasteiger partial charge is 0.390 e. The van der Waals surface area contributed by atoms with Gasteiger partial charge in [0.05, 0.1) is 24.9 Å². The van der Waals surface area contributed by atoms with Crippen molar-refractivity contribution in [2.24, 2.45) is 40.4 Å². The minimum atomic E-state index is -2.39. The Hall–Kier alpha value is -0.620. The molecule has 1 spiro atoms. The van der Waals surface area contributed by atoms with Gasteiger partial charge in [0.25, 0.3) is 0 Å². The minimum absolute atomic E-state index is 0.0658. The van der Waals surface area contributed by atoms with Crippen molar-refractivity contribution >= 4 is 0 Å². The predicted octanol–water partition coefficient (Wildman–Crippen LogP) is -0.317. The van der Waals surface area contributed by atoms with E-state index in [0.717, 1.165) is 24.8 Å². The fraction of sp³-hybridized carbons (Fsp3) is 0.926. The van der Waals surface area contributed by atoms with Crippen LogP contribution in [0.15, 0.2) is 12.2 Å². The van der Waals surface area contributed by atoms with E-state index in [0.29, 0.717) is 19.4 Å². The molecule has 6 aliphatic rings. The van der Waals surface area contributed by atoms with E-state index in [1.807, 2.05) is 0 Å². The number of rotatable bonds is 0. The van der Waals surface area contributed by atoms with Crippen molar-refractivity contribution in [3.63, 3.8) is 0 Å². The minimum Gasteiger partial charge on any atom is -0.390 e. The molecule has 0 unspecified atom stereocenters. The van der Waals surface area contributed by atoms with Gasteiger partial charge in [-0.1, -0.05) is 32.9 Å². The third-order valence-corrected chi connectivity index (χ3v) is 12.2. The number of ether oxygens (including phenoxy) is 2. The third kappa shape index (κ3) is 2.72. The predicted molar refractivity (Wildman–Crippen MR) is 126 cm³/mol. The fourth-order valence-electron chi connectivity index (χ4n) is 10.3. The quantitative estimate of drug-likeness (QED) is 0.217. The zero-order chi connectivity index (χ0) is 26.2. The summed E-state index contributed by atoms with van der Waals surface area (Å²) in [7, 11) is 0. The Bertz CT molecular complexity index is 932. The standard InChI is InChI=1S/C27H42O9/c1-11-5-8-26(35-10-11)12(2)17-15(36-26)9-14-16-13(6-7-24(14,17)3)25(4)21(31)19(29)20(30)23(33)27(25,34)22(32)18(16)28/h12-23,28-34H,1,5-10H2,2-4H3/t12-,13+,14-,15-,16+,17-,18-,19+,20-,21+,22-,23-,24-,25-,26+,27-/m0/s1. The smallest absolute Gasteiger partial charge is 0.172 e. The molecule has 2 saturated heterocycles. The normalized spacial score (nSPS) is 64.6. The van der Waals surface area contributed by atoms with E-state index in [1.165, 1.54) is 0 Å². The summed E-state index contributed by atoms with van der Waals surface area (Å²) < 4.78 is 12.9. The van der Waals surface area contributed by atoms with E-state index < -0.39 is 65.3 Å². The molecule has 7 N–H and O–H groups in total. The first-order valence-electron chi connectivity index (χ1n) is 13.5. The second-order valence-electron chi connectivity index (χ2n) is 13.3. The second kappa shape index (κ2) is 7.73. The SMILES string of the molecule is C=C1CC[C@@]2(OC1)O[C@H]1C[C@H]3[C@@H]4[C@H](O)[C@H](O)[C@]5(O)[C@@H](O)[C@@H](O)[C@@H](O)[C@@H](O)[C@]5(C)[C@@H]4CC[C@]3(C)[C@H]1[C@@H]2C. The topological polar surface area (TPSA) is 160 Å². The molecule has 16 atom stereocenters. The van der Waals surface area contributed by atoms with Crippen LogP contribution in [-0.4, -0.2) is 96.5 Å². The van der Waals surface area contributed by atoms with Crippen molar-refractivity contribution in [2.75, 3.05) is 6.61 Å². The number of hydrogen-bond acceptors (Lipinski definition) is 9. The van der Waals surface area contributed by atoms with Crippen LogP contribution in [0.2, 0.25) is 0 Å². The van der Waals surface area contributed by atoms with E-state index in [2.05, 4.69) is 20.4 Å². The first kappa shape index (κ1) is 25.6. The van der Waals surface area contributed by atoms with Crippen molar-refractivity contribution in [3.8, 4) is 0 Å². The molecule has 0 aromatic carbocycles. The number of hydrogen-bond donors (Lipinski definition) is 7. The Morgan fingerprint density at radius 1 is 0.889 bits per heavy atom. The van der Waals surface area contributed by atoms with Gasteiger partial charge in [-0.3, -0.25) is 0 Å². The highest BCUT2D eigenvalue weighted by atomic mass is 16.7. The average molecular weight is 511 g/mol. The van der Waals surface area contributed by atoms with Crippen molar-refractivity contribution < 1.29 is 45.2 Å². The van der Waals surface area contributed by atoms with Crippen LogP contribution in [0, 0.1) is 40.4 Å². The summed E-state index contributed by atoms with van der Waals surface area (Å²) in [5.41, 5.74) is -3.10. The Labute approximate surface area is 211 Å². The number of aliphatic hydroxyl groups is 7. The molecule has 204 valence electrons. The van der Waals surface area contributed by atoms with Crippen LogP contribution in [0.1, 0.15) is 52.9 Å². The van der Waals surface area contributed by atoms with Crippen LogP contribution in [0.3, 0.4) is 0 Å². The highest BCUT2D eigenvalue weighted by molar-refractivity contribution is 5.27. The number of aliphatic hydroxyl groups excluding tert-OH is 6. The average Bonchev–Trinajstić information content (AvgIpc) is 3.29. The molecule has 0 aromatic heterocycles. The van der Waals surface area contributed by atoms with E-state index in [1.54, 1.807) is 6.92 Å². The Morgan fingerprint density at radius 2 is 1.53 bits per heavy atom. The lowest BCUT2D eigenvalue weighted by Gasteiger charge is -2.69. The van der Waals surface area contributed by atoms with Crippen molar-refractivity contribution in [3.05, 3.63) is 12.2 Å². The van der Waals surface area contributed by atoms with Gasteiger partial charge in [-0.2, -0.15) is 0 Å². The first-order valence-corrected chi connectivity index (χ1v) is 13.5. The van der Waals surface area contributed by atoms with Crippen LogP contribution in [-0.2, 0) is 9.47 Å². The van der Waals surface area contributed by atoms with Crippen molar-refractivity contribution in [2.45, 2.75) is 107 Å². The molecular formula is C27H42O9. The van der Waals surface area contributed by atoms with Gasteiger partial charge in [-0.15, -0.1) is 0 Å². The maximum absolute atomic E-state index is 11.7. The van der Waals surface area contributed by atoms with Crippen LogP contribution in [0.4, 0.5) is 0 Å². The van der Waals surface area contributed by atoms with E-state index in [9.17, 15) is 35.7 Å². The summed E-state index contributed by atoms with van der Waals surface area (Å²) in [5.74, 6) is -1.38. The molecule has 2 aliphatic heterocycles. The summed E-state index contributed by atoms with van der Waals surface area (Å²) in [6.45, 7) is 10.5. The summed E-state index contributed by atoms with van der Waals surface area (Å²) in [5, 5.41) is 77.5. The maximum Gasteiger partial charge on any atom is 0.172 e. The van der Waals surface area contributed by atoms with Gasteiger partial charge in [0.15, 0.2) is 5.79 Å². The molecular weight excluding hydrogens is 468 g/mol. The highest BCUT2D eigenvalue weighted by Gasteiger charge is 2.78. The molecule has 0 amide bonds. The molecule has 6 fully saturated rings. The summed E-state index contributed by atoms with van der Waals surface area (Å²) in [6, 6.07) is 0. The molecule has 9 nitrogen and oxygen atoms in total. The van der Waals surface area contributed by atoms with Crippen LogP contribution >= 0.6 is 0 Å². The molecule has 0 radical (unpaired) electrons. The van der Waals surface area contributed by atoms with E-state index in [-0.39, 0.29) is 29.3 Å².